The second-order valence-electron chi connectivity index (χ2n) is 10.9. The molecule has 1 saturated carbocycles. The van der Waals surface area contributed by atoms with Gasteiger partial charge < -0.3 is 15.5 Å². The van der Waals surface area contributed by atoms with Gasteiger partial charge in [-0.15, -0.1) is 0 Å². The van der Waals surface area contributed by atoms with Gasteiger partial charge in [-0.2, -0.15) is 0 Å². The summed E-state index contributed by atoms with van der Waals surface area (Å²) in [4.78, 5) is 33.7. The lowest BCUT2D eigenvalue weighted by molar-refractivity contribution is -0.139. The number of hydrogen-bond donors (Lipinski definition) is 2. The van der Waals surface area contributed by atoms with Crippen LogP contribution in [0.2, 0.25) is 0 Å². The summed E-state index contributed by atoms with van der Waals surface area (Å²) in [7, 11) is 1.78. The normalized spacial score (nSPS) is 23.8. The molecule has 36 heavy (non-hydrogen) atoms. The Balaban J connectivity index is 1.41. The molecule has 2 amide bonds. The van der Waals surface area contributed by atoms with Crippen molar-refractivity contribution in [2.45, 2.75) is 88.8 Å². The molecule has 0 spiro atoms. The maximum absolute atomic E-state index is 14.1. The molecule has 0 radical (unpaired) electrons. The summed E-state index contributed by atoms with van der Waals surface area (Å²) < 4.78 is 0. The van der Waals surface area contributed by atoms with E-state index in [1.165, 1.54) is 28.7 Å². The third kappa shape index (κ3) is 4.93. The third-order valence-electron chi connectivity index (χ3n) is 8.79. The summed E-state index contributed by atoms with van der Waals surface area (Å²) in [6.45, 7) is 2.59. The van der Waals surface area contributed by atoms with Crippen LogP contribution < -0.4 is 10.6 Å². The molecule has 1 aromatic heterocycles. The first-order valence-electron chi connectivity index (χ1n) is 13.9. The first-order chi connectivity index (χ1) is 17.6. The molecule has 192 valence electrons. The first-order valence-corrected chi connectivity index (χ1v) is 13.9. The highest BCUT2D eigenvalue weighted by Crippen LogP contribution is 2.44. The number of pyridine rings is 1. The molecule has 1 aromatic carbocycles. The van der Waals surface area contributed by atoms with E-state index in [-0.39, 0.29) is 29.8 Å². The van der Waals surface area contributed by atoms with Gasteiger partial charge in [-0.1, -0.05) is 49.6 Å². The molecule has 2 aromatic rings. The van der Waals surface area contributed by atoms with E-state index in [9.17, 15) is 9.59 Å². The molecule has 2 aliphatic carbocycles. The van der Waals surface area contributed by atoms with Crippen molar-refractivity contribution in [3.63, 3.8) is 0 Å². The Hall–Kier alpha value is -2.73. The van der Waals surface area contributed by atoms with E-state index < -0.39 is 6.04 Å². The van der Waals surface area contributed by atoms with Crippen molar-refractivity contribution in [3.05, 3.63) is 65.0 Å². The highest BCUT2D eigenvalue weighted by molar-refractivity contribution is 5.90. The van der Waals surface area contributed by atoms with Gasteiger partial charge in [-0.05, 0) is 80.7 Å². The molecule has 5 rings (SSSR count). The SMILES string of the molecule is CNC(C)C(=O)NC(C(=O)N1CCCC1c1cncc2c1CCC2c1ccccc1)C1CCCCC1. The van der Waals surface area contributed by atoms with Crippen LogP contribution in [-0.4, -0.2) is 47.4 Å². The number of nitrogens with zero attached hydrogens (tertiary/aromatic N) is 2. The molecule has 0 bridgehead atoms. The third-order valence-corrected chi connectivity index (χ3v) is 8.79. The predicted molar refractivity (Wildman–Crippen MR) is 142 cm³/mol. The Bertz CT molecular complexity index is 1070. The van der Waals surface area contributed by atoms with Gasteiger partial charge in [-0.25, -0.2) is 0 Å². The summed E-state index contributed by atoms with van der Waals surface area (Å²) in [5, 5.41) is 6.18. The monoisotopic (exact) mass is 488 g/mol. The van der Waals surface area contributed by atoms with Gasteiger partial charge in [-0.3, -0.25) is 14.6 Å². The number of rotatable bonds is 7. The average molecular weight is 489 g/mol. The van der Waals surface area contributed by atoms with Gasteiger partial charge in [0.2, 0.25) is 11.8 Å². The zero-order chi connectivity index (χ0) is 25.1. The number of carbonyl (C=O) groups excluding carboxylic acids is 2. The van der Waals surface area contributed by atoms with Crippen LogP contribution in [0.25, 0.3) is 0 Å². The van der Waals surface area contributed by atoms with Crippen LogP contribution >= 0.6 is 0 Å². The first kappa shape index (κ1) is 24.9. The molecule has 1 saturated heterocycles. The molecule has 4 atom stereocenters. The number of hydrogen-bond acceptors (Lipinski definition) is 4. The Labute approximate surface area is 215 Å². The van der Waals surface area contributed by atoms with Gasteiger partial charge in [0, 0.05) is 24.9 Å². The molecule has 6 heteroatoms. The number of nitrogens with one attached hydrogen (secondary N) is 2. The van der Waals surface area contributed by atoms with Crippen molar-refractivity contribution in [1.82, 2.24) is 20.5 Å². The lowest BCUT2D eigenvalue weighted by atomic mass is 9.83. The van der Waals surface area contributed by atoms with Crippen molar-refractivity contribution in [2.75, 3.05) is 13.6 Å². The lowest BCUT2D eigenvalue weighted by Crippen LogP contribution is -2.55. The van der Waals surface area contributed by atoms with Gasteiger partial charge in [0.1, 0.15) is 6.04 Å². The molecule has 2 N–H and O–H groups in total. The van der Waals surface area contributed by atoms with Crippen molar-refractivity contribution in [1.29, 1.82) is 0 Å². The quantitative estimate of drug-likeness (QED) is 0.602. The van der Waals surface area contributed by atoms with Gasteiger partial charge in [0.25, 0.3) is 0 Å². The molecule has 3 aliphatic rings. The zero-order valence-electron chi connectivity index (χ0n) is 21.7. The fourth-order valence-corrected chi connectivity index (χ4v) is 6.66. The van der Waals surface area contributed by atoms with Crippen LogP contribution in [0.5, 0.6) is 0 Å². The maximum Gasteiger partial charge on any atom is 0.245 e. The Morgan fingerprint density at radius 2 is 1.72 bits per heavy atom. The maximum atomic E-state index is 14.1. The van der Waals surface area contributed by atoms with Gasteiger partial charge in [0.15, 0.2) is 0 Å². The minimum absolute atomic E-state index is 0.0409. The topological polar surface area (TPSA) is 74.3 Å². The van der Waals surface area contributed by atoms with E-state index >= 15 is 0 Å². The summed E-state index contributed by atoms with van der Waals surface area (Å²) >= 11 is 0. The molecule has 4 unspecified atom stereocenters. The van der Waals surface area contributed by atoms with Crippen LogP contribution in [0.4, 0.5) is 0 Å². The molecule has 2 heterocycles. The highest BCUT2D eigenvalue weighted by atomic mass is 16.2. The Morgan fingerprint density at radius 3 is 2.47 bits per heavy atom. The van der Waals surface area contributed by atoms with E-state index in [0.29, 0.717) is 5.92 Å². The fourth-order valence-electron chi connectivity index (χ4n) is 6.66. The Morgan fingerprint density at radius 1 is 0.972 bits per heavy atom. The predicted octanol–water partition coefficient (Wildman–Crippen LogP) is 4.50. The lowest BCUT2D eigenvalue weighted by Gasteiger charge is -2.36. The fraction of sp³-hybridized carbons (Fsp3) is 0.567. The summed E-state index contributed by atoms with van der Waals surface area (Å²) in [5.41, 5.74) is 5.26. The van der Waals surface area contributed by atoms with E-state index in [2.05, 4.69) is 50.8 Å². The largest absolute Gasteiger partial charge is 0.343 e. The number of carbonyl (C=O) groups is 2. The number of likely N-dealkylation sites (tertiary alicyclic amines) is 1. The minimum Gasteiger partial charge on any atom is -0.343 e. The molecule has 2 fully saturated rings. The number of amides is 2. The molecular formula is C30H40N4O2. The van der Waals surface area contributed by atoms with Crippen LogP contribution in [-0.2, 0) is 16.0 Å². The highest BCUT2D eigenvalue weighted by Gasteiger charge is 2.40. The van der Waals surface area contributed by atoms with Crippen molar-refractivity contribution in [2.24, 2.45) is 5.92 Å². The number of benzene rings is 1. The average Bonchev–Trinajstić information content (AvgIpc) is 3.59. The smallest absolute Gasteiger partial charge is 0.245 e. The summed E-state index contributed by atoms with van der Waals surface area (Å²) in [6, 6.07) is 9.97. The van der Waals surface area contributed by atoms with Crippen LogP contribution in [0.3, 0.4) is 0 Å². The molecular weight excluding hydrogens is 448 g/mol. The van der Waals surface area contributed by atoms with E-state index in [1.807, 2.05) is 19.3 Å². The molecule has 6 nitrogen and oxygen atoms in total. The van der Waals surface area contributed by atoms with Crippen molar-refractivity contribution >= 4 is 11.8 Å². The van der Waals surface area contributed by atoms with E-state index in [1.54, 1.807) is 7.05 Å². The standard InChI is InChI=1S/C30H40N4O2/c1-20(31-2)29(35)33-28(22-12-7-4-8-13-22)30(36)34-17-9-14-27(34)26-19-32-18-25-23(15-16-24(25)26)21-10-5-3-6-11-21/h3,5-6,10-11,18-20,22-23,27-28,31H,4,7-9,12-17H2,1-2H3,(H,33,35). The van der Waals surface area contributed by atoms with E-state index in [0.717, 1.165) is 57.9 Å². The Kier molecular flexibility index (Phi) is 7.70. The number of likely N-dealkylation sites (N-methyl/N-ethyl adjacent to an activating group) is 1. The van der Waals surface area contributed by atoms with E-state index in [4.69, 9.17) is 0 Å². The molecule has 1 aliphatic heterocycles. The van der Waals surface area contributed by atoms with Crippen LogP contribution in [0, 0.1) is 5.92 Å². The minimum atomic E-state index is -0.448. The van der Waals surface area contributed by atoms with Crippen LogP contribution in [0.15, 0.2) is 42.7 Å². The number of aromatic nitrogens is 1. The van der Waals surface area contributed by atoms with Gasteiger partial charge in [0.05, 0.1) is 12.1 Å². The van der Waals surface area contributed by atoms with Crippen molar-refractivity contribution in [3.8, 4) is 0 Å². The zero-order valence-corrected chi connectivity index (χ0v) is 21.7. The second kappa shape index (κ2) is 11.1. The van der Waals surface area contributed by atoms with Gasteiger partial charge >= 0.3 is 0 Å². The summed E-state index contributed by atoms with van der Waals surface area (Å²) in [6.07, 6.45) is 13.6. The van der Waals surface area contributed by atoms with Crippen LogP contribution in [0.1, 0.15) is 92.5 Å². The number of fused-ring (bicyclic) bond motifs is 1. The van der Waals surface area contributed by atoms with Crippen molar-refractivity contribution < 1.29 is 9.59 Å². The second-order valence-corrected chi connectivity index (χ2v) is 10.9. The summed E-state index contributed by atoms with van der Waals surface area (Å²) in [5.74, 6) is 0.584.